The maximum atomic E-state index is 11.3. The minimum atomic E-state index is 0.350. The van der Waals surface area contributed by atoms with E-state index in [2.05, 4.69) is 4.98 Å². The number of carbonyl (C=O) groups excluding carboxylic acids is 1. The van der Waals surface area contributed by atoms with Crippen LogP contribution >= 0.6 is 11.6 Å². The van der Waals surface area contributed by atoms with Gasteiger partial charge in [-0.1, -0.05) is 18.5 Å². The number of hydrogen-bond donors (Lipinski definition) is 0. The smallest absolute Gasteiger partial charge is 0.132 e. The summed E-state index contributed by atoms with van der Waals surface area (Å²) in [5.74, 6) is 0.350. The van der Waals surface area contributed by atoms with Crippen LogP contribution in [0.15, 0.2) is 18.5 Å². The monoisotopic (exact) mass is 225 g/mol. The second kappa shape index (κ2) is 6.57. The summed E-state index contributed by atoms with van der Waals surface area (Å²) >= 11 is 5.95. The van der Waals surface area contributed by atoms with Crippen LogP contribution in [0.5, 0.6) is 0 Å². The van der Waals surface area contributed by atoms with Gasteiger partial charge < -0.3 is 0 Å². The molecule has 3 heteroatoms. The van der Waals surface area contributed by atoms with E-state index in [0.29, 0.717) is 23.6 Å². The van der Waals surface area contributed by atoms with Gasteiger partial charge in [-0.15, -0.1) is 0 Å². The highest BCUT2D eigenvalue weighted by Crippen LogP contribution is 2.16. The van der Waals surface area contributed by atoms with Gasteiger partial charge in [-0.3, -0.25) is 9.78 Å². The van der Waals surface area contributed by atoms with E-state index in [0.717, 1.165) is 24.8 Å². The predicted molar refractivity (Wildman–Crippen MR) is 62.1 cm³/mol. The number of nitrogens with zero attached hydrogens (tertiary/aromatic N) is 1. The van der Waals surface area contributed by atoms with Gasteiger partial charge in [0.15, 0.2) is 0 Å². The third kappa shape index (κ3) is 4.43. The van der Waals surface area contributed by atoms with Crippen molar-refractivity contribution in [3.05, 3.63) is 29.0 Å². The Balaban J connectivity index is 2.32. The van der Waals surface area contributed by atoms with Crippen LogP contribution in [0.2, 0.25) is 5.02 Å². The van der Waals surface area contributed by atoms with Crippen LogP contribution in [0.3, 0.4) is 0 Å². The first kappa shape index (κ1) is 12.2. The predicted octanol–water partition coefficient (Wildman–Crippen LogP) is 3.43. The molecule has 0 aromatic carbocycles. The Morgan fingerprint density at radius 2 is 2.27 bits per heavy atom. The van der Waals surface area contributed by atoms with E-state index in [4.69, 9.17) is 11.6 Å². The highest BCUT2D eigenvalue weighted by Gasteiger charge is 2.03. The SMILES string of the molecule is CCCC(=O)CCCc1ccncc1Cl. The molecule has 0 saturated heterocycles. The molecule has 0 bridgehead atoms. The van der Waals surface area contributed by atoms with Crippen molar-refractivity contribution in [2.24, 2.45) is 0 Å². The van der Waals surface area contributed by atoms with Crippen LogP contribution in [-0.2, 0) is 11.2 Å². The van der Waals surface area contributed by atoms with E-state index < -0.39 is 0 Å². The molecule has 0 radical (unpaired) electrons. The molecular formula is C12H16ClNO. The molecule has 0 amide bonds. The number of ketones is 1. The van der Waals surface area contributed by atoms with Gasteiger partial charge in [0.25, 0.3) is 0 Å². The Kier molecular flexibility index (Phi) is 5.33. The summed E-state index contributed by atoms with van der Waals surface area (Å²) in [7, 11) is 0. The van der Waals surface area contributed by atoms with E-state index in [1.54, 1.807) is 12.4 Å². The fourth-order valence-electron chi connectivity index (χ4n) is 1.49. The molecule has 0 aliphatic carbocycles. The molecule has 0 saturated carbocycles. The van der Waals surface area contributed by atoms with E-state index in [1.165, 1.54) is 0 Å². The lowest BCUT2D eigenvalue weighted by Gasteiger charge is -2.02. The molecular weight excluding hydrogens is 210 g/mol. The molecule has 82 valence electrons. The molecule has 0 aliphatic heterocycles. The number of aromatic nitrogens is 1. The highest BCUT2D eigenvalue weighted by molar-refractivity contribution is 6.31. The molecule has 1 aromatic rings. The molecule has 15 heavy (non-hydrogen) atoms. The normalized spacial score (nSPS) is 10.3. The van der Waals surface area contributed by atoms with Gasteiger partial charge >= 0.3 is 0 Å². The van der Waals surface area contributed by atoms with Crippen molar-refractivity contribution in [1.82, 2.24) is 4.98 Å². The number of Topliss-reactive ketones (excluding diaryl/α,β-unsaturated/α-hetero) is 1. The fraction of sp³-hybridized carbons (Fsp3) is 0.500. The fourth-order valence-corrected chi connectivity index (χ4v) is 1.70. The molecule has 1 heterocycles. The third-order valence-electron chi connectivity index (χ3n) is 2.29. The van der Waals surface area contributed by atoms with Gasteiger partial charge in [-0.25, -0.2) is 0 Å². The number of aryl methyl sites for hydroxylation is 1. The third-order valence-corrected chi connectivity index (χ3v) is 2.63. The summed E-state index contributed by atoms with van der Waals surface area (Å²) in [5, 5.41) is 0.695. The molecule has 0 fully saturated rings. The van der Waals surface area contributed by atoms with Gasteiger partial charge in [-0.05, 0) is 30.9 Å². The van der Waals surface area contributed by atoms with Crippen molar-refractivity contribution in [1.29, 1.82) is 0 Å². The Morgan fingerprint density at radius 1 is 1.47 bits per heavy atom. The zero-order chi connectivity index (χ0) is 11.1. The maximum absolute atomic E-state index is 11.3. The number of pyridine rings is 1. The molecule has 1 rings (SSSR count). The molecule has 0 aliphatic rings. The van der Waals surface area contributed by atoms with Crippen molar-refractivity contribution >= 4 is 17.4 Å². The molecule has 0 spiro atoms. The van der Waals surface area contributed by atoms with Gasteiger partial charge in [0, 0.05) is 25.2 Å². The Labute approximate surface area is 95.7 Å². The van der Waals surface area contributed by atoms with Crippen LogP contribution in [0.1, 0.15) is 38.2 Å². The Bertz CT molecular complexity index is 325. The summed E-state index contributed by atoms with van der Waals surface area (Å²) < 4.78 is 0. The van der Waals surface area contributed by atoms with Crippen LogP contribution in [0.4, 0.5) is 0 Å². The summed E-state index contributed by atoms with van der Waals surface area (Å²) in [6, 6.07) is 1.91. The Morgan fingerprint density at radius 3 is 2.93 bits per heavy atom. The van der Waals surface area contributed by atoms with Gasteiger partial charge in [0.2, 0.25) is 0 Å². The number of hydrogen-bond acceptors (Lipinski definition) is 2. The molecule has 0 N–H and O–H groups in total. The van der Waals surface area contributed by atoms with Crippen molar-refractivity contribution < 1.29 is 4.79 Å². The minimum absolute atomic E-state index is 0.350. The van der Waals surface area contributed by atoms with E-state index >= 15 is 0 Å². The summed E-state index contributed by atoms with van der Waals surface area (Å²) in [6.07, 6.45) is 7.41. The maximum Gasteiger partial charge on any atom is 0.132 e. The van der Waals surface area contributed by atoms with Gasteiger partial charge in [0.1, 0.15) is 5.78 Å². The van der Waals surface area contributed by atoms with Crippen molar-refractivity contribution in [3.63, 3.8) is 0 Å². The van der Waals surface area contributed by atoms with E-state index in [9.17, 15) is 4.79 Å². The average Bonchev–Trinajstić information content (AvgIpc) is 2.21. The molecule has 0 unspecified atom stereocenters. The minimum Gasteiger partial charge on any atom is -0.300 e. The largest absolute Gasteiger partial charge is 0.300 e. The molecule has 0 atom stereocenters. The summed E-state index contributed by atoms with van der Waals surface area (Å²) in [6.45, 7) is 2.03. The van der Waals surface area contributed by atoms with Crippen LogP contribution in [0, 0.1) is 0 Å². The van der Waals surface area contributed by atoms with E-state index in [-0.39, 0.29) is 0 Å². The zero-order valence-corrected chi connectivity index (χ0v) is 9.76. The molecule has 2 nitrogen and oxygen atoms in total. The number of carbonyl (C=O) groups is 1. The van der Waals surface area contributed by atoms with Gasteiger partial charge in [0.05, 0.1) is 5.02 Å². The lowest BCUT2D eigenvalue weighted by molar-refractivity contribution is -0.119. The van der Waals surface area contributed by atoms with Crippen molar-refractivity contribution in [2.45, 2.75) is 39.0 Å². The quantitative estimate of drug-likeness (QED) is 0.743. The van der Waals surface area contributed by atoms with Crippen molar-refractivity contribution in [2.75, 3.05) is 0 Å². The summed E-state index contributed by atoms with van der Waals surface area (Å²) in [4.78, 5) is 15.2. The van der Waals surface area contributed by atoms with E-state index in [1.807, 2.05) is 13.0 Å². The first-order chi connectivity index (χ1) is 7.24. The topological polar surface area (TPSA) is 30.0 Å². The number of rotatable bonds is 6. The second-order valence-corrected chi connectivity index (χ2v) is 4.02. The standard InChI is InChI=1S/C12H16ClNO/c1-2-4-11(15)6-3-5-10-7-8-14-9-12(10)13/h7-9H,2-6H2,1H3. The van der Waals surface area contributed by atoms with Gasteiger partial charge in [-0.2, -0.15) is 0 Å². The first-order valence-corrected chi connectivity index (χ1v) is 5.72. The molecule has 1 aromatic heterocycles. The summed E-state index contributed by atoms with van der Waals surface area (Å²) in [5.41, 5.74) is 1.08. The van der Waals surface area contributed by atoms with Crippen molar-refractivity contribution in [3.8, 4) is 0 Å². The van der Waals surface area contributed by atoms with Crippen LogP contribution in [-0.4, -0.2) is 10.8 Å². The lowest BCUT2D eigenvalue weighted by Crippen LogP contribution is -1.98. The van der Waals surface area contributed by atoms with Crippen LogP contribution < -0.4 is 0 Å². The zero-order valence-electron chi connectivity index (χ0n) is 9.00. The first-order valence-electron chi connectivity index (χ1n) is 5.34. The second-order valence-electron chi connectivity index (χ2n) is 3.61. The highest BCUT2D eigenvalue weighted by atomic mass is 35.5. The van der Waals surface area contributed by atoms with Crippen LogP contribution in [0.25, 0.3) is 0 Å². The number of halogens is 1. The Hall–Kier alpha value is -0.890. The lowest BCUT2D eigenvalue weighted by atomic mass is 10.1. The average molecular weight is 226 g/mol.